The monoisotopic (exact) mass is 154 g/mol. The predicted octanol–water partition coefficient (Wildman–Crippen LogP) is -1.42. The first-order valence-electron chi connectivity index (χ1n) is 3.66. The summed E-state index contributed by atoms with van der Waals surface area (Å²) in [6, 6.07) is 0. The first-order valence-corrected chi connectivity index (χ1v) is 3.66. The van der Waals surface area contributed by atoms with Crippen LogP contribution in [-0.4, -0.2) is 25.0 Å². The van der Waals surface area contributed by atoms with E-state index in [9.17, 15) is 4.79 Å². The van der Waals surface area contributed by atoms with Gasteiger partial charge in [-0.15, -0.1) is 0 Å². The average molecular weight is 154 g/mol. The molecule has 0 spiro atoms. The molecule has 5 heteroatoms. The van der Waals surface area contributed by atoms with E-state index in [1.165, 1.54) is 0 Å². The summed E-state index contributed by atoms with van der Waals surface area (Å²) < 4.78 is 0. The lowest BCUT2D eigenvalue weighted by atomic mass is 9.99. The molecule has 0 aromatic rings. The number of carbonyl (C=O) groups excluding carboxylic acids is 1. The van der Waals surface area contributed by atoms with Crippen LogP contribution in [0.15, 0.2) is 5.10 Å². The van der Waals surface area contributed by atoms with Gasteiger partial charge in [0.15, 0.2) is 0 Å². The van der Waals surface area contributed by atoms with Gasteiger partial charge in [0.05, 0.1) is 12.6 Å². The predicted molar refractivity (Wildman–Crippen MR) is 39.7 cm³/mol. The van der Waals surface area contributed by atoms with E-state index in [2.05, 4.69) is 21.2 Å². The number of nitrogens with zero attached hydrogens (tertiary/aromatic N) is 1. The van der Waals surface area contributed by atoms with Crippen LogP contribution in [0.4, 0.5) is 0 Å². The van der Waals surface area contributed by atoms with Gasteiger partial charge in [-0.2, -0.15) is 5.10 Å². The van der Waals surface area contributed by atoms with Crippen LogP contribution in [0.2, 0.25) is 0 Å². The quantitative estimate of drug-likeness (QED) is 0.401. The van der Waals surface area contributed by atoms with Gasteiger partial charge in [-0.1, -0.05) is 0 Å². The van der Waals surface area contributed by atoms with Gasteiger partial charge in [0, 0.05) is 6.21 Å². The summed E-state index contributed by atoms with van der Waals surface area (Å²) in [6.07, 6.45) is 2.47. The average Bonchev–Trinajstić information content (AvgIpc) is 2.06. The van der Waals surface area contributed by atoms with E-state index < -0.39 is 0 Å². The Morgan fingerprint density at radius 3 is 3.36 bits per heavy atom. The Kier molecular flexibility index (Phi) is 1.50. The van der Waals surface area contributed by atoms with Gasteiger partial charge in [0.25, 0.3) is 0 Å². The number of rotatable bonds is 0. The molecule has 2 heterocycles. The van der Waals surface area contributed by atoms with E-state index in [0.29, 0.717) is 6.67 Å². The number of fused-ring (bicyclic) bond motifs is 1. The molecule has 0 radical (unpaired) electrons. The van der Waals surface area contributed by atoms with Crippen molar-refractivity contribution in [3.05, 3.63) is 0 Å². The van der Waals surface area contributed by atoms with E-state index >= 15 is 0 Å². The summed E-state index contributed by atoms with van der Waals surface area (Å²) in [5.41, 5.74) is 2.85. The normalized spacial score (nSPS) is 35.5. The van der Waals surface area contributed by atoms with Crippen molar-refractivity contribution in [1.82, 2.24) is 16.1 Å². The summed E-state index contributed by atoms with van der Waals surface area (Å²) in [7, 11) is 0. The van der Waals surface area contributed by atoms with Crippen molar-refractivity contribution in [2.75, 3.05) is 6.67 Å². The van der Waals surface area contributed by atoms with Crippen LogP contribution in [0.25, 0.3) is 0 Å². The molecule has 2 rings (SSSR count). The van der Waals surface area contributed by atoms with Crippen molar-refractivity contribution in [3.8, 4) is 0 Å². The molecule has 2 aliphatic rings. The second-order valence-electron chi connectivity index (χ2n) is 2.68. The molecular formula is C6H10N4O. The highest BCUT2D eigenvalue weighted by Gasteiger charge is 2.32. The van der Waals surface area contributed by atoms with Crippen molar-refractivity contribution >= 4 is 12.1 Å². The second-order valence-corrected chi connectivity index (χ2v) is 2.68. The highest BCUT2D eigenvalue weighted by Crippen LogP contribution is 2.11. The molecule has 60 valence electrons. The Labute approximate surface area is 64.2 Å². The standard InChI is InChI=1S/C6H10N4O/c11-6-4-1-2-9-10-5(4)7-3-8-6/h2,4-5,7,10H,1,3H2,(H,8,11). The van der Waals surface area contributed by atoms with Gasteiger partial charge in [0.2, 0.25) is 5.91 Å². The third-order valence-corrected chi connectivity index (χ3v) is 1.99. The third kappa shape index (κ3) is 1.07. The molecule has 0 saturated carbocycles. The molecule has 1 saturated heterocycles. The van der Waals surface area contributed by atoms with Crippen molar-refractivity contribution in [2.24, 2.45) is 11.0 Å². The van der Waals surface area contributed by atoms with Crippen LogP contribution in [0.5, 0.6) is 0 Å². The lowest BCUT2D eigenvalue weighted by Gasteiger charge is -2.32. The Morgan fingerprint density at radius 1 is 1.64 bits per heavy atom. The summed E-state index contributed by atoms with van der Waals surface area (Å²) in [5.74, 6) is 0.105. The third-order valence-electron chi connectivity index (χ3n) is 1.99. The van der Waals surface area contributed by atoms with E-state index in [1.807, 2.05) is 0 Å². The van der Waals surface area contributed by atoms with E-state index in [1.54, 1.807) is 6.21 Å². The van der Waals surface area contributed by atoms with Crippen LogP contribution in [-0.2, 0) is 4.79 Å². The number of nitrogens with one attached hydrogen (secondary N) is 3. The number of hydrogen-bond acceptors (Lipinski definition) is 4. The van der Waals surface area contributed by atoms with Crippen molar-refractivity contribution in [2.45, 2.75) is 12.6 Å². The number of amides is 1. The van der Waals surface area contributed by atoms with Gasteiger partial charge in [-0.3, -0.25) is 15.5 Å². The SMILES string of the molecule is O=C1NCNC2NN=CCC12. The van der Waals surface area contributed by atoms with Crippen molar-refractivity contribution < 1.29 is 4.79 Å². The molecule has 2 aliphatic heterocycles. The maximum absolute atomic E-state index is 11.2. The van der Waals surface area contributed by atoms with Crippen LogP contribution >= 0.6 is 0 Å². The summed E-state index contributed by atoms with van der Waals surface area (Å²) >= 11 is 0. The number of carbonyl (C=O) groups is 1. The van der Waals surface area contributed by atoms with Crippen LogP contribution in [0, 0.1) is 5.92 Å². The fourth-order valence-corrected chi connectivity index (χ4v) is 1.35. The molecule has 11 heavy (non-hydrogen) atoms. The maximum atomic E-state index is 11.2. The van der Waals surface area contributed by atoms with Gasteiger partial charge in [0.1, 0.15) is 6.17 Å². The zero-order chi connectivity index (χ0) is 7.68. The topological polar surface area (TPSA) is 65.5 Å². The Hall–Kier alpha value is -1.10. The molecule has 2 unspecified atom stereocenters. The molecule has 1 amide bonds. The van der Waals surface area contributed by atoms with Crippen molar-refractivity contribution in [3.63, 3.8) is 0 Å². The fourth-order valence-electron chi connectivity index (χ4n) is 1.35. The molecule has 0 aromatic heterocycles. The summed E-state index contributed by atoms with van der Waals surface area (Å²) in [4.78, 5) is 11.2. The molecule has 1 fully saturated rings. The van der Waals surface area contributed by atoms with E-state index in [4.69, 9.17) is 0 Å². The highest BCUT2D eigenvalue weighted by molar-refractivity contribution is 5.83. The summed E-state index contributed by atoms with van der Waals surface area (Å²) in [6.45, 7) is 0.530. The minimum absolute atomic E-state index is 0.00116. The molecule has 0 aromatic carbocycles. The second kappa shape index (κ2) is 2.50. The molecule has 0 aliphatic carbocycles. The number of hydrogen-bond donors (Lipinski definition) is 3. The van der Waals surface area contributed by atoms with Gasteiger partial charge in [-0.05, 0) is 6.42 Å². The van der Waals surface area contributed by atoms with E-state index in [-0.39, 0.29) is 18.0 Å². The molecule has 0 bridgehead atoms. The number of hydrazone groups is 1. The van der Waals surface area contributed by atoms with Gasteiger partial charge >= 0.3 is 0 Å². The van der Waals surface area contributed by atoms with E-state index in [0.717, 1.165) is 6.42 Å². The van der Waals surface area contributed by atoms with Crippen LogP contribution < -0.4 is 16.1 Å². The first-order chi connectivity index (χ1) is 5.38. The molecule has 2 atom stereocenters. The fraction of sp³-hybridized carbons (Fsp3) is 0.667. The first kappa shape index (κ1) is 6.60. The summed E-state index contributed by atoms with van der Waals surface area (Å²) in [5, 5.41) is 9.70. The van der Waals surface area contributed by atoms with Gasteiger partial charge in [-0.25, -0.2) is 0 Å². The zero-order valence-corrected chi connectivity index (χ0v) is 6.00. The minimum atomic E-state index is 0.00116. The molecule has 5 nitrogen and oxygen atoms in total. The Morgan fingerprint density at radius 2 is 2.55 bits per heavy atom. The lowest BCUT2D eigenvalue weighted by Crippen LogP contribution is -2.60. The molecular weight excluding hydrogens is 144 g/mol. The van der Waals surface area contributed by atoms with Crippen LogP contribution in [0.3, 0.4) is 0 Å². The molecule has 3 N–H and O–H groups in total. The van der Waals surface area contributed by atoms with Gasteiger partial charge < -0.3 is 5.32 Å². The Balaban J connectivity index is 2.13. The lowest BCUT2D eigenvalue weighted by molar-refractivity contribution is -0.128. The smallest absolute Gasteiger partial charge is 0.227 e. The van der Waals surface area contributed by atoms with Crippen LogP contribution in [0.1, 0.15) is 6.42 Å². The van der Waals surface area contributed by atoms with Crippen molar-refractivity contribution in [1.29, 1.82) is 0 Å². The highest BCUT2D eigenvalue weighted by atomic mass is 16.2. The largest absolute Gasteiger partial charge is 0.343 e. The zero-order valence-electron chi connectivity index (χ0n) is 6.00. The maximum Gasteiger partial charge on any atom is 0.227 e. The Bertz CT molecular complexity index is 203. The minimum Gasteiger partial charge on any atom is -0.343 e.